The van der Waals surface area contributed by atoms with Crippen molar-refractivity contribution in [2.75, 3.05) is 6.61 Å². The topological polar surface area (TPSA) is 50.4 Å². The number of amides is 1. The average Bonchev–Trinajstić information content (AvgIpc) is 3.01. The van der Waals surface area contributed by atoms with Crippen LogP contribution in [0.15, 0.2) is 22.7 Å². The minimum Gasteiger partial charge on any atom is -0.493 e. The fourth-order valence-electron chi connectivity index (χ4n) is 2.67. The van der Waals surface area contributed by atoms with Crippen LogP contribution in [0.4, 0.5) is 0 Å². The molecule has 1 amide bonds. The first-order valence-electron chi connectivity index (χ1n) is 8.50. The maximum Gasteiger partial charge on any atom is 0.261 e. The maximum atomic E-state index is 12.6. The fourth-order valence-corrected chi connectivity index (χ4v) is 3.29. The molecule has 0 aromatic heterocycles. The Morgan fingerprint density at radius 2 is 2.08 bits per heavy atom. The zero-order valence-electron chi connectivity index (χ0n) is 14.2. The van der Waals surface area contributed by atoms with Gasteiger partial charge in [0.1, 0.15) is 5.75 Å². The van der Waals surface area contributed by atoms with E-state index in [9.17, 15) is 4.79 Å². The van der Waals surface area contributed by atoms with Gasteiger partial charge in [0.15, 0.2) is 5.11 Å². The zero-order valence-corrected chi connectivity index (χ0v) is 16.6. The summed E-state index contributed by atoms with van der Waals surface area (Å²) in [6.07, 6.45) is 5.59. The molecule has 0 bridgehead atoms. The molecular weight excluding hydrogens is 388 g/mol. The number of nitrogens with one attached hydrogen (secondary N) is 2. The van der Waals surface area contributed by atoms with Crippen LogP contribution in [0.5, 0.6) is 5.75 Å². The van der Waals surface area contributed by atoms with Crippen molar-refractivity contribution >= 4 is 39.2 Å². The number of carbonyl (C=O) groups excluding carboxylic acids is 1. The van der Waals surface area contributed by atoms with Gasteiger partial charge >= 0.3 is 0 Å². The van der Waals surface area contributed by atoms with Gasteiger partial charge in [-0.05, 0) is 55.6 Å². The van der Waals surface area contributed by atoms with Crippen molar-refractivity contribution in [3.05, 3.63) is 28.2 Å². The van der Waals surface area contributed by atoms with E-state index in [0.717, 1.165) is 23.7 Å². The van der Waals surface area contributed by atoms with Crippen LogP contribution < -0.4 is 15.4 Å². The second kappa shape index (κ2) is 9.37. The predicted molar refractivity (Wildman–Crippen MR) is 105 cm³/mol. The van der Waals surface area contributed by atoms with Crippen molar-refractivity contribution < 1.29 is 9.53 Å². The highest BCUT2D eigenvalue weighted by Crippen LogP contribution is 2.24. The second-order valence-electron chi connectivity index (χ2n) is 6.58. The van der Waals surface area contributed by atoms with Crippen LogP contribution in [0.25, 0.3) is 0 Å². The fraction of sp³-hybridized carbons (Fsp3) is 0.556. The SMILES string of the molecule is CC(C)CCOc1ccc(Br)cc1C(=O)NC(=S)NC1CCCC1. The summed E-state index contributed by atoms with van der Waals surface area (Å²) in [4.78, 5) is 12.6. The number of halogens is 1. The monoisotopic (exact) mass is 412 g/mol. The van der Waals surface area contributed by atoms with Gasteiger partial charge < -0.3 is 10.1 Å². The number of benzene rings is 1. The third-order valence-electron chi connectivity index (χ3n) is 4.06. The van der Waals surface area contributed by atoms with Gasteiger partial charge in [0.2, 0.25) is 0 Å². The Hall–Kier alpha value is -1.14. The van der Waals surface area contributed by atoms with Gasteiger partial charge in [0.05, 0.1) is 12.2 Å². The highest BCUT2D eigenvalue weighted by Gasteiger charge is 2.18. The molecule has 1 aromatic carbocycles. The lowest BCUT2D eigenvalue weighted by Gasteiger charge is -2.16. The highest BCUT2D eigenvalue weighted by atomic mass is 79.9. The van der Waals surface area contributed by atoms with Crippen molar-refractivity contribution in [2.45, 2.75) is 52.0 Å². The van der Waals surface area contributed by atoms with Gasteiger partial charge in [-0.1, -0.05) is 42.6 Å². The molecule has 1 saturated carbocycles. The van der Waals surface area contributed by atoms with Gasteiger partial charge in [-0.15, -0.1) is 0 Å². The van der Waals surface area contributed by atoms with E-state index in [1.807, 2.05) is 12.1 Å². The Morgan fingerprint density at radius 3 is 2.75 bits per heavy atom. The lowest BCUT2D eigenvalue weighted by Crippen LogP contribution is -2.43. The molecule has 1 fully saturated rings. The Labute approximate surface area is 157 Å². The maximum absolute atomic E-state index is 12.6. The molecule has 2 N–H and O–H groups in total. The summed E-state index contributed by atoms with van der Waals surface area (Å²) < 4.78 is 6.63. The van der Waals surface area contributed by atoms with Gasteiger partial charge in [-0.3, -0.25) is 10.1 Å². The lowest BCUT2D eigenvalue weighted by molar-refractivity contribution is 0.0972. The van der Waals surface area contributed by atoms with E-state index in [2.05, 4.69) is 40.4 Å². The van der Waals surface area contributed by atoms with Crippen LogP contribution in [0.1, 0.15) is 56.3 Å². The molecule has 6 heteroatoms. The average molecular weight is 413 g/mol. The minimum atomic E-state index is -0.244. The third kappa shape index (κ3) is 6.06. The molecule has 0 saturated heterocycles. The van der Waals surface area contributed by atoms with E-state index < -0.39 is 0 Å². The van der Waals surface area contributed by atoms with Crippen molar-refractivity contribution in [1.29, 1.82) is 0 Å². The van der Waals surface area contributed by atoms with Gasteiger partial charge in [-0.25, -0.2) is 0 Å². The van der Waals surface area contributed by atoms with E-state index in [1.54, 1.807) is 6.07 Å². The van der Waals surface area contributed by atoms with E-state index in [4.69, 9.17) is 17.0 Å². The van der Waals surface area contributed by atoms with E-state index in [0.29, 0.717) is 35.0 Å². The molecule has 0 atom stereocenters. The van der Waals surface area contributed by atoms with E-state index in [-0.39, 0.29) is 5.91 Å². The highest BCUT2D eigenvalue weighted by molar-refractivity contribution is 9.10. The Balaban J connectivity index is 1.98. The minimum absolute atomic E-state index is 0.244. The summed E-state index contributed by atoms with van der Waals surface area (Å²) in [5.41, 5.74) is 0.490. The molecule has 0 spiro atoms. The van der Waals surface area contributed by atoms with Gasteiger partial charge in [0, 0.05) is 10.5 Å². The van der Waals surface area contributed by atoms with Crippen molar-refractivity contribution in [3.63, 3.8) is 0 Å². The molecule has 1 aromatic rings. The number of rotatable bonds is 6. The van der Waals surface area contributed by atoms with Gasteiger partial charge in [-0.2, -0.15) is 0 Å². The van der Waals surface area contributed by atoms with E-state index in [1.165, 1.54) is 12.8 Å². The first kappa shape index (κ1) is 19.2. The molecule has 0 unspecified atom stereocenters. The van der Waals surface area contributed by atoms with Crippen LogP contribution in [0.3, 0.4) is 0 Å². The summed E-state index contributed by atoms with van der Waals surface area (Å²) in [5.74, 6) is 0.896. The molecule has 1 aliphatic carbocycles. The lowest BCUT2D eigenvalue weighted by atomic mass is 10.1. The number of ether oxygens (including phenoxy) is 1. The molecule has 0 radical (unpaired) electrons. The Bertz CT molecular complexity index is 586. The van der Waals surface area contributed by atoms with Crippen LogP contribution in [0, 0.1) is 5.92 Å². The smallest absolute Gasteiger partial charge is 0.261 e. The molecule has 0 heterocycles. The molecular formula is C18H25BrN2O2S. The molecule has 4 nitrogen and oxygen atoms in total. The molecule has 132 valence electrons. The molecule has 24 heavy (non-hydrogen) atoms. The third-order valence-corrected chi connectivity index (χ3v) is 4.77. The number of hydrogen-bond acceptors (Lipinski definition) is 3. The van der Waals surface area contributed by atoms with Crippen LogP contribution in [0.2, 0.25) is 0 Å². The molecule has 0 aliphatic heterocycles. The Morgan fingerprint density at radius 1 is 1.38 bits per heavy atom. The first-order chi connectivity index (χ1) is 11.5. The normalized spacial score (nSPS) is 14.7. The van der Waals surface area contributed by atoms with Gasteiger partial charge in [0.25, 0.3) is 5.91 Å². The quantitative estimate of drug-likeness (QED) is 0.678. The van der Waals surface area contributed by atoms with Crippen molar-refractivity contribution in [3.8, 4) is 5.75 Å². The van der Waals surface area contributed by atoms with Crippen LogP contribution in [-0.2, 0) is 0 Å². The van der Waals surface area contributed by atoms with Crippen molar-refractivity contribution in [1.82, 2.24) is 10.6 Å². The molecule has 1 aliphatic rings. The summed E-state index contributed by atoms with van der Waals surface area (Å²) in [6.45, 7) is 4.88. The molecule has 2 rings (SSSR count). The largest absolute Gasteiger partial charge is 0.493 e. The van der Waals surface area contributed by atoms with Crippen LogP contribution >= 0.6 is 28.1 Å². The number of carbonyl (C=O) groups is 1. The van der Waals surface area contributed by atoms with E-state index >= 15 is 0 Å². The number of hydrogen-bond donors (Lipinski definition) is 2. The number of thiocarbonyl (C=S) groups is 1. The zero-order chi connectivity index (χ0) is 17.5. The summed E-state index contributed by atoms with van der Waals surface area (Å²) in [5, 5.41) is 6.38. The van der Waals surface area contributed by atoms with Crippen molar-refractivity contribution in [2.24, 2.45) is 5.92 Å². The summed E-state index contributed by atoms with van der Waals surface area (Å²) in [7, 11) is 0. The van der Waals surface area contributed by atoms with Crippen LogP contribution in [-0.4, -0.2) is 23.7 Å². The standard InChI is InChI=1S/C18H25BrN2O2S/c1-12(2)9-10-23-16-8-7-13(19)11-15(16)17(22)21-18(24)20-14-5-3-4-6-14/h7-8,11-12,14H,3-6,9-10H2,1-2H3,(H2,20,21,22,24). The summed E-state index contributed by atoms with van der Waals surface area (Å²) in [6, 6.07) is 5.82. The predicted octanol–water partition coefficient (Wildman–Crippen LogP) is 4.42. The Kier molecular flexibility index (Phi) is 7.49. The second-order valence-corrected chi connectivity index (χ2v) is 7.90. The first-order valence-corrected chi connectivity index (χ1v) is 9.70. The summed E-state index contributed by atoms with van der Waals surface area (Å²) >= 11 is 8.68.